The highest BCUT2D eigenvalue weighted by molar-refractivity contribution is 9.10. The zero-order chi connectivity index (χ0) is 21.5. The number of nitrogens with one attached hydrogen (secondary N) is 1. The molecule has 1 unspecified atom stereocenters. The van der Waals surface area contributed by atoms with E-state index in [-0.39, 0.29) is 6.10 Å². The Morgan fingerprint density at radius 2 is 2.14 bits per heavy atom. The summed E-state index contributed by atoms with van der Waals surface area (Å²) in [6.45, 7) is 16.5. The van der Waals surface area contributed by atoms with Crippen molar-refractivity contribution in [2.45, 2.75) is 46.6 Å². The van der Waals surface area contributed by atoms with Crippen molar-refractivity contribution in [2.24, 2.45) is 0 Å². The molecule has 1 aromatic rings. The molecule has 29 heavy (non-hydrogen) atoms. The molecule has 5 heteroatoms. The fraction of sp³-hybridized carbons (Fsp3) is 0.458. The minimum absolute atomic E-state index is 0.0679. The van der Waals surface area contributed by atoms with E-state index in [1.165, 1.54) is 6.42 Å². The Morgan fingerprint density at radius 1 is 1.34 bits per heavy atom. The summed E-state index contributed by atoms with van der Waals surface area (Å²) in [5, 5.41) is 3.23. The van der Waals surface area contributed by atoms with Crippen LogP contribution >= 0.6 is 15.9 Å². The Bertz CT molecular complexity index is 680. The molecule has 0 aromatic carbocycles. The van der Waals surface area contributed by atoms with Crippen molar-refractivity contribution >= 4 is 21.7 Å². The Labute approximate surface area is 185 Å². The second-order valence-electron chi connectivity index (χ2n) is 6.91. The maximum Gasteiger partial charge on any atom is 0.129 e. The first-order valence-corrected chi connectivity index (χ1v) is 11.2. The van der Waals surface area contributed by atoms with Crippen LogP contribution in [0.25, 0.3) is 0 Å². The summed E-state index contributed by atoms with van der Waals surface area (Å²) in [5.74, 6) is 0.801. The number of anilines is 1. The molecule has 0 fully saturated rings. The number of aromatic nitrogens is 1. The van der Waals surface area contributed by atoms with Crippen molar-refractivity contribution in [3.63, 3.8) is 0 Å². The lowest BCUT2D eigenvalue weighted by Gasteiger charge is -2.19. The van der Waals surface area contributed by atoms with Gasteiger partial charge in [-0.1, -0.05) is 44.7 Å². The molecule has 0 amide bonds. The number of hydrogen-bond acceptors (Lipinski definition) is 4. The lowest BCUT2D eigenvalue weighted by molar-refractivity contribution is 0.0879. The van der Waals surface area contributed by atoms with Crippen LogP contribution in [-0.2, 0) is 4.74 Å². The lowest BCUT2D eigenvalue weighted by atomic mass is 10.1. The van der Waals surface area contributed by atoms with Gasteiger partial charge < -0.3 is 15.0 Å². The van der Waals surface area contributed by atoms with Gasteiger partial charge in [0.25, 0.3) is 0 Å². The van der Waals surface area contributed by atoms with Crippen LogP contribution in [-0.4, -0.2) is 42.2 Å². The summed E-state index contributed by atoms with van der Waals surface area (Å²) in [4.78, 5) is 6.79. The van der Waals surface area contributed by atoms with Crippen LogP contribution in [0.3, 0.4) is 0 Å². The third-order valence-electron chi connectivity index (χ3n) is 4.45. The van der Waals surface area contributed by atoms with Gasteiger partial charge in [0.15, 0.2) is 0 Å². The Morgan fingerprint density at radius 3 is 2.76 bits per heavy atom. The number of nitrogens with zero attached hydrogens (tertiary/aromatic N) is 2. The number of hydrogen-bond donors (Lipinski definition) is 1. The number of pyridine rings is 1. The third kappa shape index (κ3) is 11.2. The summed E-state index contributed by atoms with van der Waals surface area (Å²) in [7, 11) is 0. The molecule has 0 aliphatic heterocycles. The summed E-state index contributed by atoms with van der Waals surface area (Å²) < 4.78 is 6.91. The second-order valence-corrected chi connectivity index (χ2v) is 7.83. The molecule has 0 radical (unpaired) electrons. The fourth-order valence-electron chi connectivity index (χ4n) is 2.77. The summed E-state index contributed by atoms with van der Waals surface area (Å²) in [6.07, 6.45) is 14.0. The molecule has 1 heterocycles. The topological polar surface area (TPSA) is 37.4 Å². The van der Waals surface area contributed by atoms with Gasteiger partial charge in [-0.25, -0.2) is 4.98 Å². The van der Waals surface area contributed by atoms with E-state index in [1.54, 1.807) is 12.3 Å². The Balaban J connectivity index is 2.53. The molecule has 1 atom stereocenters. The fourth-order valence-corrected chi connectivity index (χ4v) is 3.00. The molecule has 0 spiro atoms. The van der Waals surface area contributed by atoms with Crippen LogP contribution in [0.5, 0.6) is 0 Å². The molecule has 1 N–H and O–H groups in total. The van der Waals surface area contributed by atoms with E-state index in [0.717, 1.165) is 54.1 Å². The molecule has 1 aromatic heterocycles. The van der Waals surface area contributed by atoms with Crippen LogP contribution < -0.4 is 5.32 Å². The number of halogens is 1. The molecule has 0 aliphatic rings. The zero-order valence-electron chi connectivity index (χ0n) is 18.3. The first-order valence-electron chi connectivity index (χ1n) is 10.4. The van der Waals surface area contributed by atoms with Gasteiger partial charge in [0.05, 0.1) is 6.10 Å². The Hall–Kier alpha value is -1.69. The summed E-state index contributed by atoms with van der Waals surface area (Å²) in [5.41, 5.74) is 2.18. The van der Waals surface area contributed by atoms with E-state index >= 15 is 0 Å². The highest BCUT2D eigenvalue weighted by Gasteiger charge is 2.03. The van der Waals surface area contributed by atoms with Gasteiger partial charge in [0.1, 0.15) is 5.82 Å². The molecule has 160 valence electrons. The second kappa shape index (κ2) is 15.2. The van der Waals surface area contributed by atoms with Crippen molar-refractivity contribution < 1.29 is 4.74 Å². The molecular formula is C24H36BrN3O. The monoisotopic (exact) mass is 461 g/mol. The van der Waals surface area contributed by atoms with E-state index in [4.69, 9.17) is 4.74 Å². The van der Waals surface area contributed by atoms with Gasteiger partial charge in [-0.05, 0) is 79.0 Å². The predicted octanol–water partition coefficient (Wildman–Crippen LogP) is 6.36. The van der Waals surface area contributed by atoms with Crippen molar-refractivity contribution in [3.8, 4) is 0 Å². The van der Waals surface area contributed by atoms with Crippen LogP contribution in [0.1, 0.15) is 40.5 Å². The first-order chi connectivity index (χ1) is 14.0. The van der Waals surface area contributed by atoms with Crippen LogP contribution in [0.4, 0.5) is 5.82 Å². The lowest BCUT2D eigenvalue weighted by Crippen LogP contribution is -2.26. The van der Waals surface area contributed by atoms with Gasteiger partial charge in [0, 0.05) is 30.0 Å². The van der Waals surface area contributed by atoms with Crippen molar-refractivity contribution in [1.29, 1.82) is 0 Å². The van der Waals surface area contributed by atoms with Gasteiger partial charge in [-0.3, -0.25) is 0 Å². The van der Waals surface area contributed by atoms with E-state index in [1.807, 2.05) is 24.4 Å². The normalized spacial score (nSPS) is 13.9. The third-order valence-corrected chi connectivity index (χ3v) is 4.92. The van der Waals surface area contributed by atoms with E-state index in [0.29, 0.717) is 0 Å². The molecule has 0 bridgehead atoms. The zero-order valence-corrected chi connectivity index (χ0v) is 19.9. The molecule has 1 rings (SSSR count). The van der Waals surface area contributed by atoms with Crippen LogP contribution in [0.15, 0.2) is 71.0 Å². The SMILES string of the molecule is C=C/C=C(\C=C/C(C)OCCCN(CC)CCC)C(/C)=C/Nc1ccc(Br)cn1. The molecule has 0 aliphatic carbocycles. The summed E-state index contributed by atoms with van der Waals surface area (Å²) in [6, 6.07) is 3.89. The number of ether oxygens (including phenoxy) is 1. The van der Waals surface area contributed by atoms with Gasteiger partial charge in [-0.15, -0.1) is 0 Å². The molecule has 0 saturated heterocycles. The van der Waals surface area contributed by atoms with Crippen molar-refractivity contribution in [3.05, 3.63) is 71.0 Å². The smallest absolute Gasteiger partial charge is 0.129 e. The van der Waals surface area contributed by atoms with E-state index < -0.39 is 0 Å². The number of rotatable bonds is 14. The maximum absolute atomic E-state index is 5.95. The average Bonchev–Trinajstić information content (AvgIpc) is 2.72. The van der Waals surface area contributed by atoms with Gasteiger partial charge in [-0.2, -0.15) is 0 Å². The largest absolute Gasteiger partial charge is 0.374 e. The highest BCUT2D eigenvalue weighted by Crippen LogP contribution is 2.15. The highest BCUT2D eigenvalue weighted by atomic mass is 79.9. The molecular weight excluding hydrogens is 426 g/mol. The van der Waals surface area contributed by atoms with Crippen LogP contribution in [0, 0.1) is 0 Å². The maximum atomic E-state index is 5.95. The van der Waals surface area contributed by atoms with Gasteiger partial charge >= 0.3 is 0 Å². The molecule has 0 saturated carbocycles. The van der Waals surface area contributed by atoms with Gasteiger partial charge in [0.2, 0.25) is 0 Å². The first kappa shape index (κ1) is 25.3. The minimum atomic E-state index is 0.0679. The minimum Gasteiger partial charge on any atom is -0.374 e. The Kier molecular flexibility index (Phi) is 13.3. The van der Waals surface area contributed by atoms with Crippen LogP contribution in [0.2, 0.25) is 0 Å². The predicted molar refractivity (Wildman–Crippen MR) is 129 cm³/mol. The summed E-state index contributed by atoms with van der Waals surface area (Å²) >= 11 is 3.39. The molecule has 4 nitrogen and oxygen atoms in total. The average molecular weight is 462 g/mol. The van der Waals surface area contributed by atoms with Crippen molar-refractivity contribution in [1.82, 2.24) is 9.88 Å². The quantitative estimate of drug-likeness (QED) is 0.258. The van der Waals surface area contributed by atoms with E-state index in [2.05, 4.69) is 77.6 Å². The standard InChI is InChI=1S/C24H36BrN3O/c1-6-10-22(20(4)18-26-24-14-13-23(25)19-27-24)12-11-21(5)29-17-9-16-28(8-3)15-7-2/h6,10-14,18-19,21H,1,7-9,15-17H2,2-5H3,(H,26,27)/b12-11-,20-18+,22-10+. The van der Waals surface area contributed by atoms with E-state index in [9.17, 15) is 0 Å². The number of allylic oxidation sites excluding steroid dienone is 5. The van der Waals surface area contributed by atoms with Crippen molar-refractivity contribution in [2.75, 3.05) is 31.6 Å².